The van der Waals surface area contributed by atoms with E-state index in [4.69, 9.17) is 15.4 Å². The molecule has 0 saturated heterocycles. The topological polar surface area (TPSA) is 74.3 Å². The molecule has 0 atom stereocenters. The molecular formula is C58H41N5. The van der Waals surface area contributed by atoms with Crippen LogP contribution in [0.5, 0.6) is 0 Å². The fourth-order valence-corrected chi connectivity index (χ4v) is 8.51. The lowest BCUT2D eigenvalue weighted by Crippen LogP contribution is -2.04. The van der Waals surface area contributed by atoms with Gasteiger partial charge in [0.05, 0.1) is 11.2 Å². The van der Waals surface area contributed by atoms with Gasteiger partial charge in [0, 0.05) is 39.9 Å². The minimum Gasteiger partial charge on any atom is -0.282 e. The van der Waals surface area contributed by atoms with Crippen molar-refractivity contribution < 1.29 is 0 Å². The number of fused-ring (bicyclic) bond motifs is 9. The van der Waals surface area contributed by atoms with E-state index in [-0.39, 0.29) is 5.84 Å². The van der Waals surface area contributed by atoms with E-state index >= 15 is 0 Å². The Bertz CT molecular complexity index is 3500. The van der Waals surface area contributed by atoms with Crippen LogP contribution in [0.3, 0.4) is 0 Å². The number of rotatable bonds is 5. The SMILES string of the molecule is C=NC(=NC(=N)c1ccccc1)c1cc(-c2ccc(-c3nc4ccccc4c4ccncc34)cc2)cc(-c2ccc3c4ccccc4c4ccccc4c3c2)c1.Cc1ccccc1. The third-order valence-electron chi connectivity index (χ3n) is 11.6. The van der Waals surface area contributed by atoms with Gasteiger partial charge in [-0.1, -0.05) is 169 Å². The number of aliphatic imine (C=N–C) groups is 2. The van der Waals surface area contributed by atoms with Gasteiger partial charge in [-0.05, 0) is 110 Å². The Morgan fingerprint density at radius 3 is 1.60 bits per heavy atom. The predicted octanol–water partition coefficient (Wildman–Crippen LogP) is 14.7. The lowest BCUT2D eigenvalue weighted by Gasteiger charge is -2.14. The number of hydrogen-bond acceptors (Lipinski definition) is 3. The van der Waals surface area contributed by atoms with E-state index in [0.717, 1.165) is 60.8 Å². The summed E-state index contributed by atoms with van der Waals surface area (Å²) in [5.74, 6) is 0.508. The van der Waals surface area contributed by atoms with Crippen LogP contribution in [0.25, 0.3) is 87.5 Å². The minimum atomic E-state index is 0.123. The first-order valence-electron chi connectivity index (χ1n) is 21.0. The fraction of sp³-hybridized carbons (Fsp3) is 0.0172. The number of amidine groups is 2. The van der Waals surface area contributed by atoms with Crippen LogP contribution in [0.2, 0.25) is 0 Å². The average molecular weight is 808 g/mol. The molecule has 11 rings (SSSR count). The van der Waals surface area contributed by atoms with Crippen molar-refractivity contribution in [3.8, 4) is 33.5 Å². The predicted molar refractivity (Wildman–Crippen MR) is 266 cm³/mol. The molecule has 9 aromatic carbocycles. The molecule has 0 spiro atoms. The van der Waals surface area contributed by atoms with Crippen LogP contribution in [-0.2, 0) is 0 Å². The summed E-state index contributed by atoms with van der Waals surface area (Å²) in [4.78, 5) is 18.6. The maximum Gasteiger partial charge on any atom is 0.161 e. The maximum absolute atomic E-state index is 8.81. The first-order chi connectivity index (χ1) is 31.0. The van der Waals surface area contributed by atoms with Crippen molar-refractivity contribution in [1.82, 2.24) is 9.97 Å². The molecule has 0 aliphatic carbocycles. The number of nitrogens with zero attached hydrogens (tertiary/aromatic N) is 4. The molecule has 5 nitrogen and oxygen atoms in total. The highest BCUT2D eigenvalue weighted by Gasteiger charge is 2.15. The van der Waals surface area contributed by atoms with Gasteiger partial charge in [0.25, 0.3) is 0 Å². The summed E-state index contributed by atoms with van der Waals surface area (Å²) in [6.07, 6.45) is 3.74. The van der Waals surface area contributed by atoms with Crippen molar-refractivity contribution >= 4 is 72.4 Å². The largest absolute Gasteiger partial charge is 0.282 e. The van der Waals surface area contributed by atoms with Gasteiger partial charge in [-0.25, -0.2) is 15.0 Å². The zero-order chi connectivity index (χ0) is 42.7. The molecule has 5 heteroatoms. The molecule has 0 amide bonds. The molecule has 0 unspecified atom stereocenters. The molecular weight excluding hydrogens is 767 g/mol. The van der Waals surface area contributed by atoms with Crippen LogP contribution < -0.4 is 0 Å². The number of pyridine rings is 2. The number of benzene rings is 9. The quantitative estimate of drug-likeness (QED) is 0.107. The number of aromatic nitrogens is 2. The van der Waals surface area contributed by atoms with Crippen molar-refractivity contribution in [3.05, 3.63) is 229 Å². The molecule has 0 bridgehead atoms. The second-order valence-corrected chi connectivity index (χ2v) is 15.6. The molecule has 298 valence electrons. The van der Waals surface area contributed by atoms with Gasteiger partial charge in [0.15, 0.2) is 11.7 Å². The molecule has 0 saturated carbocycles. The van der Waals surface area contributed by atoms with Crippen LogP contribution in [0.15, 0.2) is 223 Å². The van der Waals surface area contributed by atoms with E-state index in [0.29, 0.717) is 11.4 Å². The monoisotopic (exact) mass is 807 g/mol. The molecule has 2 aromatic heterocycles. The number of para-hydroxylation sites is 1. The van der Waals surface area contributed by atoms with E-state index in [1.165, 1.54) is 37.9 Å². The highest BCUT2D eigenvalue weighted by atomic mass is 14.9. The van der Waals surface area contributed by atoms with Crippen LogP contribution in [-0.4, -0.2) is 28.4 Å². The Morgan fingerprint density at radius 1 is 0.444 bits per heavy atom. The van der Waals surface area contributed by atoms with Crippen molar-refractivity contribution in [1.29, 1.82) is 5.41 Å². The lowest BCUT2D eigenvalue weighted by molar-refractivity contribution is 1.35. The Labute approximate surface area is 366 Å². The van der Waals surface area contributed by atoms with E-state index in [1.54, 1.807) is 0 Å². The summed E-state index contributed by atoms with van der Waals surface area (Å²) in [6, 6.07) is 69.0. The van der Waals surface area contributed by atoms with Gasteiger partial charge in [-0.3, -0.25) is 10.4 Å². The second kappa shape index (κ2) is 16.9. The van der Waals surface area contributed by atoms with Gasteiger partial charge in [-0.15, -0.1) is 0 Å². The smallest absolute Gasteiger partial charge is 0.161 e. The van der Waals surface area contributed by atoms with Crippen LogP contribution in [0.1, 0.15) is 16.7 Å². The lowest BCUT2D eigenvalue weighted by atomic mass is 9.90. The highest BCUT2D eigenvalue weighted by Crippen LogP contribution is 2.39. The standard InChI is InChI=1S/C51H33N5.C7H8/c1-53-51(56-50(52)34-11-3-2-4-12-34)38-28-36(32-19-21-33(22-20-32)49-47-31-54-26-25-44(47)45-17-9-10-18-48(45)55-49)27-37(29-38)35-23-24-43-41-15-6-5-13-39(41)40-14-7-8-16-42(40)46(43)30-35;1-7-5-3-2-4-6-7/h2-31,52H,1H2;2-6H,1H3. The number of aryl methyl sites for hydroxylation is 1. The first kappa shape index (κ1) is 38.8. The van der Waals surface area contributed by atoms with Gasteiger partial charge in [-0.2, -0.15) is 0 Å². The summed E-state index contributed by atoms with van der Waals surface area (Å²) in [5.41, 5.74) is 9.75. The molecule has 0 aliphatic rings. The first-order valence-corrected chi connectivity index (χ1v) is 21.0. The third kappa shape index (κ3) is 7.64. The van der Waals surface area contributed by atoms with Crippen molar-refractivity contribution in [2.45, 2.75) is 6.92 Å². The Hall–Kier alpha value is -8.41. The van der Waals surface area contributed by atoms with Crippen molar-refractivity contribution in [3.63, 3.8) is 0 Å². The van der Waals surface area contributed by atoms with E-state index < -0.39 is 0 Å². The van der Waals surface area contributed by atoms with Gasteiger partial charge in [0.2, 0.25) is 0 Å². The van der Waals surface area contributed by atoms with Gasteiger partial charge in [0.1, 0.15) is 0 Å². The third-order valence-corrected chi connectivity index (χ3v) is 11.6. The Balaban J connectivity index is 0.000000616. The minimum absolute atomic E-state index is 0.123. The summed E-state index contributed by atoms with van der Waals surface area (Å²) >= 11 is 0. The van der Waals surface area contributed by atoms with E-state index in [1.807, 2.05) is 73.1 Å². The van der Waals surface area contributed by atoms with Crippen LogP contribution in [0.4, 0.5) is 0 Å². The van der Waals surface area contributed by atoms with Gasteiger partial charge < -0.3 is 0 Å². The number of hydrogen-bond donors (Lipinski definition) is 1. The Morgan fingerprint density at radius 2 is 0.968 bits per heavy atom. The van der Waals surface area contributed by atoms with Crippen molar-refractivity contribution in [2.24, 2.45) is 9.98 Å². The zero-order valence-electron chi connectivity index (χ0n) is 34.7. The molecule has 11 aromatic rings. The Kier molecular flexibility index (Phi) is 10.4. The molecule has 0 radical (unpaired) electrons. The zero-order valence-corrected chi connectivity index (χ0v) is 34.7. The molecule has 63 heavy (non-hydrogen) atoms. The molecule has 2 heterocycles. The van der Waals surface area contributed by atoms with E-state index in [2.05, 4.69) is 163 Å². The summed E-state index contributed by atoms with van der Waals surface area (Å²) in [7, 11) is 0. The summed E-state index contributed by atoms with van der Waals surface area (Å²) < 4.78 is 0. The highest BCUT2D eigenvalue weighted by molar-refractivity contribution is 6.26. The fourth-order valence-electron chi connectivity index (χ4n) is 8.51. The van der Waals surface area contributed by atoms with Gasteiger partial charge >= 0.3 is 0 Å². The van der Waals surface area contributed by atoms with E-state index in [9.17, 15) is 0 Å². The summed E-state index contributed by atoms with van der Waals surface area (Å²) in [5, 5.41) is 19.4. The molecule has 0 fully saturated rings. The van der Waals surface area contributed by atoms with Crippen LogP contribution >= 0.6 is 0 Å². The molecule has 1 N–H and O–H groups in total. The number of nitrogens with one attached hydrogen (secondary N) is 1. The maximum atomic E-state index is 8.81. The molecule has 0 aliphatic heterocycles. The average Bonchev–Trinajstić information content (AvgIpc) is 3.36. The van der Waals surface area contributed by atoms with Crippen molar-refractivity contribution in [2.75, 3.05) is 0 Å². The summed E-state index contributed by atoms with van der Waals surface area (Å²) in [6.45, 7) is 5.98. The normalized spacial score (nSPS) is 11.5. The second-order valence-electron chi connectivity index (χ2n) is 15.6. The van der Waals surface area contributed by atoms with Crippen LogP contribution in [0, 0.1) is 12.3 Å².